The molecule has 2 aromatic rings. The predicted molar refractivity (Wildman–Crippen MR) is 106 cm³/mol. The van der Waals surface area contributed by atoms with Crippen molar-refractivity contribution >= 4 is 28.9 Å². The van der Waals surface area contributed by atoms with Gasteiger partial charge >= 0.3 is 0 Å². The second-order valence-corrected chi connectivity index (χ2v) is 7.00. The highest BCUT2D eigenvalue weighted by atomic mass is 35.5. The first-order chi connectivity index (χ1) is 12.5. The van der Waals surface area contributed by atoms with E-state index < -0.39 is 0 Å². The van der Waals surface area contributed by atoms with Crippen LogP contribution in [0, 0.1) is 6.92 Å². The molecule has 1 saturated heterocycles. The first-order valence-electron chi connectivity index (χ1n) is 8.80. The molecule has 0 saturated carbocycles. The Morgan fingerprint density at radius 1 is 1.12 bits per heavy atom. The number of piperazine rings is 1. The number of hydrogen-bond donors (Lipinski definition) is 2. The normalized spacial score (nSPS) is 16.3. The van der Waals surface area contributed by atoms with E-state index in [1.165, 1.54) is 0 Å². The van der Waals surface area contributed by atoms with Crippen LogP contribution in [0.3, 0.4) is 0 Å². The van der Waals surface area contributed by atoms with Crippen LogP contribution in [0.15, 0.2) is 42.5 Å². The van der Waals surface area contributed by atoms with E-state index >= 15 is 0 Å². The van der Waals surface area contributed by atoms with Crippen molar-refractivity contribution in [3.63, 3.8) is 0 Å². The molecule has 1 heterocycles. The smallest absolute Gasteiger partial charge is 0.241 e. The van der Waals surface area contributed by atoms with Crippen molar-refractivity contribution in [3.05, 3.63) is 53.1 Å². The number of amides is 1. The standard InChI is InChI=1S/C20H24ClN3O2/c1-14-16(21)6-5-7-17(14)22-20(26)15(2)23-10-12-24(13-11-23)18-8-3-4-9-19(18)25/h3-9,15,25H,10-13H2,1-2H3,(H,22,26)/t15-/m0/s1. The average Bonchev–Trinajstić information content (AvgIpc) is 2.65. The van der Waals surface area contributed by atoms with Crippen LogP contribution < -0.4 is 10.2 Å². The number of nitrogens with zero attached hydrogens (tertiary/aromatic N) is 2. The number of phenolic OH excluding ortho intramolecular Hbond substituents is 1. The summed E-state index contributed by atoms with van der Waals surface area (Å²) in [5, 5.41) is 13.6. The largest absolute Gasteiger partial charge is 0.506 e. The van der Waals surface area contributed by atoms with Gasteiger partial charge in [0.2, 0.25) is 5.91 Å². The number of benzene rings is 2. The summed E-state index contributed by atoms with van der Waals surface area (Å²) in [5.41, 5.74) is 2.47. The van der Waals surface area contributed by atoms with Gasteiger partial charge in [-0.25, -0.2) is 0 Å². The number of phenols is 1. The highest BCUT2D eigenvalue weighted by Gasteiger charge is 2.26. The molecule has 0 unspecified atom stereocenters. The van der Waals surface area contributed by atoms with Gasteiger partial charge in [0.15, 0.2) is 0 Å². The van der Waals surface area contributed by atoms with Gasteiger partial charge in [0.25, 0.3) is 0 Å². The van der Waals surface area contributed by atoms with Gasteiger partial charge in [0, 0.05) is 36.9 Å². The zero-order valence-electron chi connectivity index (χ0n) is 15.1. The average molecular weight is 374 g/mol. The highest BCUT2D eigenvalue weighted by molar-refractivity contribution is 6.31. The Bertz CT molecular complexity index is 788. The predicted octanol–water partition coefficient (Wildman–Crippen LogP) is 3.50. The van der Waals surface area contributed by atoms with E-state index in [0.717, 1.165) is 43.1 Å². The molecule has 138 valence electrons. The maximum absolute atomic E-state index is 12.6. The number of carbonyl (C=O) groups excluding carboxylic acids is 1. The van der Waals surface area contributed by atoms with E-state index in [4.69, 9.17) is 11.6 Å². The first kappa shape index (κ1) is 18.5. The SMILES string of the molecule is Cc1c(Cl)cccc1NC(=O)[C@H](C)N1CCN(c2ccccc2O)CC1. The van der Waals surface area contributed by atoms with E-state index in [9.17, 15) is 9.90 Å². The van der Waals surface area contributed by atoms with Gasteiger partial charge in [-0.1, -0.05) is 29.8 Å². The Hall–Kier alpha value is -2.24. The Balaban J connectivity index is 1.59. The summed E-state index contributed by atoms with van der Waals surface area (Å²) in [6, 6.07) is 12.6. The number of rotatable bonds is 4. The molecule has 0 radical (unpaired) electrons. The van der Waals surface area contributed by atoms with Crippen LogP contribution in [0.5, 0.6) is 5.75 Å². The lowest BCUT2D eigenvalue weighted by Gasteiger charge is -2.38. The summed E-state index contributed by atoms with van der Waals surface area (Å²) in [7, 11) is 0. The van der Waals surface area contributed by atoms with E-state index in [2.05, 4.69) is 15.1 Å². The molecule has 2 aromatic carbocycles. The molecule has 5 nitrogen and oxygen atoms in total. The monoisotopic (exact) mass is 373 g/mol. The van der Waals surface area contributed by atoms with E-state index in [-0.39, 0.29) is 11.9 Å². The van der Waals surface area contributed by atoms with Gasteiger partial charge in [-0.15, -0.1) is 0 Å². The number of aromatic hydroxyl groups is 1. The van der Waals surface area contributed by atoms with Crippen molar-refractivity contribution in [1.29, 1.82) is 0 Å². The number of halogens is 1. The summed E-state index contributed by atoms with van der Waals surface area (Å²) in [4.78, 5) is 16.9. The fraction of sp³-hybridized carbons (Fsp3) is 0.350. The molecule has 1 aliphatic rings. The molecule has 0 spiro atoms. The summed E-state index contributed by atoms with van der Waals surface area (Å²) >= 11 is 6.12. The van der Waals surface area contributed by atoms with E-state index in [0.29, 0.717) is 10.8 Å². The molecule has 0 bridgehead atoms. The van der Waals surface area contributed by atoms with Crippen molar-refractivity contribution in [3.8, 4) is 5.75 Å². The molecule has 0 aromatic heterocycles. The number of nitrogens with one attached hydrogen (secondary N) is 1. The minimum absolute atomic E-state index is 0.0358. The number of para-hydroxylation sites is 2. The van der Waals surface area contributed by atoms with Crippen LogP contribution in [0.1, 0.15) is 12.5 Å². The third-order valence-electron chi connectivity index (χ3n) is 4.99. The molecular weight excluding hydrogens is 350 g/mol. The second kappa shape index (κ2) is 7.98. The highest BCUT2D eigenvalue weighted by Crippen LogP contribution is 2.28. The Morgan fingerprint density at radius 3 is 2.50 bits per heavy atom. The second-order valence-electron chi connectivity index (χ2n) is 6.59. The quantitative estimate of drug-likeness (QED) is 0.861. The summed E-state index contributed by atoms with van der Waals surface area (Å²) < 4.78 is 0. The molecular formula is C20H24ClN3O2. The lowest BCUT2D eigenvalue weighted by Crippen LogP contribution is -2.52. The molecule has 1 aliphatic heterocycles. The minimum atomic E-state index is -0.236. The van der Waals surface area contributed by atoms with Gasteiger partial charge < -0.3 is 15.3 Å². The molecule has 26 heavy (non-hydrogen) atoms. The van der Waals surface area contributed by atoms with Gasteiger partial charge in [-0.3, -0.25) is 9.69 Å². The lowest BCUT2D eigenvalue weighted by atomic mass is 10.1. The fourth-order valence-corrected chi connectivity index (χ4v) is 3.40. The maximum Gasteiger partial charge on any atom is 0.241 e. The molecule has 1 fully saturated rings. The Kier molecular flexibility index (Phi) is 5.69. The van der Waals surface area contributed by atoms with E-state index in [1.807, 2.05) is 50.2 Å². The third kappa shape index (κ3) is 3.94. The van der Waals surface area contributed by atoms with Crippen LogP contribution in [-0.4, -0.2) is 48.1 Å². The van der Waals surface area contributed by atoms with Gasteiger partial charge in [-0.2, -0.15) is 0 Å². The molecule has 3 rings (SSSR count). The molecule has 0 aliphatic carbocycles. The number of carbonyl (C=O) groups is 1. The lowest BCUT2D eigenvalue weighted by molar-refractivity contribution is -0.120. The van der Waals surface area contributed by atoms with Crippen LogP contribution in [0.25, 0.3) is 0 Å². The molecule has 6 heteroatoms. The number of anilines is 2. The minimum Gasteiger partial charge on any atom is -0.506 e. The number of hydrogen-bond acceptors (Lipinski definition) is 4. The van der Waals surface area contributed by atoms with Crippen LogP contribution >= 0.6 is 11.6 Å². The van der Waals surface area contributed by atoms with Crippen molar-refractivity contribution in [1.82, 2.24) is 4.90 Å². The van der Waals surface area contributed by atoms with Crippen molar-refractivity contribution < 1.29 is 9.90 Å². The zero-order chi connectivity index (χ0) is 18.7. The van der Waals surface area contributed by atoms with Crippen LogP contribution in [0.4, 0.5) is 11.4 Å². The summed E-state index contributed by atoms with van der Waals surface area (Å²) in [5.74, 6) is 0.259. The topological polar surface area (TPSA) is 55.8 Å². The maximum atomic E-state index is 12.6. The van der Waals surface area contributed by atoms with Crippen LogP contribution in [-0.2, 0) is 4.79 Å². The van der Waals surface area contributed by atoms with Gasteiger partial charge in [0.05, 0.1) is 11.7 Å². The van der Waals surface area contributed by atoms with E-state index in [1.54, 1.807) is 6.07 Å². The Morgan fingerprint density at radius 2 is 1.81 bits per heavy atom. The summed E-state index contributed by atoms with van der Waals surface area (Å²) in [6.45, 7) is 6.88. The first-order valence-corrected chi connectivity index (χ1v) is 9.18. The van der Waals surface area contributed by atoms with Crippen LogP contribution in [0.2, 0.25) is 5.02 Å². The van der Waals surface area contributed by atoms with Crippen molar-refractivity contribution in [2.75, 3.05) is 36.4 Å². The zero-order valence-corrected chi connectivity index (χ0v) is 15.8. The molecule has 1 atom stereocenters. The van der Waals surface area contributed by atoms with Crippen molar-refractivity contribution in [2.24, 2.45) is 0 Å². The molecule has 2 N–H and O–H groups in total. The molecule has 1 amide bonds. The van der Waals surface area contributed by atoms with Crippen molar-refractivity contribution in [2.45, 2.75) is 19.9 Å². The van der Waals surface area contributed by atoms with Gasteiger partial charge in [0.1, 0.15) is 5.75 Å². The Labute approximate surface area is 159 Å². The fourth-order valence-electron chi connectivity index (χ4n) is 3.23. The summed E-state index contributed by atoms with van der Waals surface area (Å²) in [6.07, 6.45) is 0. The van der Waals surface area contributed by atoms with Gasteiger partial charge in [-0.05, 0) is 43.7 Å². The third-order valence-corrected chi connectivity index (χ3v) is 5.40.